The minimum absolute atomic E-state index is 0.0672. The molecule has 136 valence electrons. The summed E-state index contributed by atoms with van der Waals surface area (Å²) in [5.74, 6) is 0.160. The number of amides is 2. The molecule has 5 nitrogen and oxygen atoms in total. The van der Waals surface area contributed by atoms with Crippen molar-refractivity contribution in [2.75, 3.05) is 32.8 Å². The van der Waals surface area contributed by atoms with Crippen molar-refractivity contribution in [1.29, 1.82) is 0 Å². The number of carbonyl (C=O) groups is 2. The summed E-state index contributed by atoms with van der Waals surface area (Å²) in [6, 6.07) is 5.33. The number of hydrogen-bond acceptors (Lipinski definition) is 3. The highest BCUT2D eigenvalue weighted by Crippen LogP contribution is 2.22. The van der Waals surface area contributed by atoms with Crippen LogP contribution >= 0.6 is 23.2 Å². The largest absolute Gasteiger partial charge is 0.368 e. The number of nitrogens with zero attached hydrogens (tertiary/aromatic N) is 2. The van der Waals surface area contributed by atoms with Crippen molar-refractivity contribution in [3.05, 3.63) is 33.8 Å². The average Bonchev–Trinajstić information content (AvgIpc) is 3.15. The molecule has 25 heavy (non-hydrogen) atoms. The highest BCUT2D eigenvalue weighted by Gasteiger charge is 2.31. The Morgan fingerprint density at radius 1 is 1.12 bits per heavy atom. The van der Waals surface area contributed by atoms with Crippen LogP contribution in [0.15, 0.2) is 18.2 Å². The first-order valence-electron chi connectivity index (χ1n) is 8.66. The summed E-state index contributed by atoms with van der Waals surface area (Å²) in [6.45, 7) is 2.97. The molecule has 0 spiro atoms. The zero-order valence-corrected chi connectivity index (χ0v) is 15.6. The summed E-state index contributed by atoms with van der Waals surface area (Å²) in [6.07, 6.45) is 2.46. The van der Waals surface area contributed by atoms with Crippen LogP contribution in [0.5, 0.6) is 0 Å². The SMILES string of the molecule is O=C(CCc1ccc(Cl)cc1Cl)N1CCN(C(=O)C2CCCO2)CC1. The second kappa shape index (κ2) is 8.39. The van der Waals surface area contributed by atoms with E-state index in [9.17, 15) is 9.59 Å². The van der Waals surface area contributed by atoms with E-state index in [1.165, 1.54) is 0 Å². The quantitative estimate of drug-likeness (QED) is 0.801. The topological polar surface area (TPSA) is 49.9 Å². The molecule has 1 unspecified atom stereocenters. The Morgan fingerprint density at radius 3 is 2.48 bits per heavy atom. The second-order valence-electron chi connectivity index (χ2n) is 6.44. The molecule has 0 N–H and O–H groups in total. The molecule has 2 amide bonds. The predicted octanol–water partition coefficient (Wildman–Crippen LogP) is 2.78. The summed E-state index contributed by atoms with van der Waals surface area (Å²) >= 11 is 12.0. The van der Waals surface area contributed by atoms with Gasteiger partial charge in [0.25, 0.3) is 5.91 Å². The molecule has 0 aliphatic carbocycles. The first-order valence-corrected chi connectivity index (χ1v) is 9.42. The Labute approximate surface area is 157 Å². The lowest BCUT2D eigenvalue weighted by Crippen LogP contribution is -2.52. The number of hydrogen-bond donors (Lipinski definition) is 0. The normalized spacial score (nSPS) is 20.8. The van der Waals surface area contributed by atoms with E-state index >= 15 is 0 Å². The Hall–Kier alpha value is -1.30. The lowest BCUT2D eigenvalue weighted by atomic mass is 10.1. The van der Waals surface area contributed by atoms with Crippen molar-refractivity contribution in [2.24, 2.45) is 0 Å². The smallest absolute Gasteiger partial charge is 0.251 e. The molecule has 3 rings (SSSR count). The third-order valence-electron chi connectivity index (χ3n) is 4.77. The van der Waals surface area contributed by atoms with Crippen molar-refractivity contribution in [3.63, 3.8) is 0 Å². The second-order valence-corrected chi connectivity index (χ2v) is 7.29. The molecular formula is C18H22Cl2N2O3. The lowest BCUT2D eigenvalue weighted by molar-refractivity contribution is -0.146. The molecule has 2 fully saturated rings. The minimum Gasteiger partial charge on any atom is -0.368 e. The van der Waals surface area contributed by atoms with E-state index in [0.29, 0.717) is 55.7 Å². The zero-order valence-electron chi connectivity index (χ0n) is 14.0. The van der Waals surface area contributed by atoms with E-state index in [4.69, 9.17) is 27.9 Å². The fourth-order valence-electron chi connectivity index (χ4n) is 3.28. The standard InChI is InChI=1S/C18H22Cl2N2O3/c19-14-5-3-13(15(20)12-14)4-6-17(23)21-7-9-22(10-8-21)18(24)16-2-1-11-25-16/h3,5,12,16H,1-2,4,6-11H2. The molecule has 1 aromatic rings. The number of aryl methyl sites for hydroxylation is 1. The van der Waals surface area contributed by atoms with Crippen LogP contribution in [0, 0.1) is 0 Å². The van der Waals surface area contributed by atoms with E-state index in [2.05, 4.69) is 0 Å². The van der Waals surface area contributed by atoms with Gasteiger partial charge in [0.15, 0.2) is 0 Å². The van der Waals surface area contributed by atoms with E-state index in [1.807, 2.05) is 15.9 Å². The van der Waals surface area contributed by atoms with Gasteiger partial charge in [0.1, 0.15) is 6.10 Å². The van der Waals surface area contributed by atoms with Crippen LogP contribution < -0.4 is 0 Å². The molecule has 7 heteroatoms. The summed E-state index contributed by atoms with van der Waals surface area (Å²) in [5.41, 5.74) is 0.923. The zero-order chi connectivity index (χ0) is 17.8. The van der Waals surface area contributed by atoms with Gasteiger partial charge in [0.05, 0.1) is 0 Å². The highest BCUT2D eigenvalue weighted by molar-refractivity contribution is 6.35. The van der Waals surface area contributed by atoms with Crippen LogP contribution in [0.2, 0.25) is 10.0 Å². The van der Waals surface area contributed by atoms with Gasteiger partial charge in [-0.15, -0.1) is 0 Å². The van der Waals surface area contributed by atoms with Crippen molar-refractivity contribution < 1.29 is 14.3 Å². The molecular weight excluding hydrogens is 363 g/mol. The van der Waals surface area contributed by atoms with E-state index in [-0.39, 0.29) is 17.9 Å². The molecule has 2 aliphatic heterocycles. The maximum atomic E-state index is 12.4. The Morgan fingerprint density at radius 2 is 1.84 bits per heavy atom. The molecule has 2 heterocycles. The van der Waals surface area contributed by atoms with Gasteiger partial charge >= 0.3 is 0 Å². The number of rotatable bonds is 4. The molecule has 2 saturated heterocycles. The van der Waals surface area contributed by atoms with E-state index in [0.717, 1.165) is 18.4 Å². The van der Waals surface area contributed by atoms with Gasteiger partial charge in [-0.3, -0.25) is 9.59 Å². The number of halogens is 2. The van der Waals surface area contributed by atoms with Gasteiger partial charge < -0.3 is 14.5 Å². The summed E-state index contributed by atoms with van der Waals surface area (Å²) in [5, 5.41) is 1.18. The van der Waals surface area contributed by atoms with E-state index in [1.54, 1.807) is 12.1 Å². The van der Waals surface area contributed by atoms with Gasteiger partial charge in [-0.2, -0.15) is 0 Å². The number of carbonyl (C=O) groups excluding carboxylic acids is 2. The third kappa shape index (κ3) is 4.66. The first kappa shape index (κ1) is 18.5. The fourth-order valence-corrected chi connectivity index (χ4v) is 3.78. The Kier molecular flexibility index (Phi) is 6.20. The van der Waals surface area contributed by atoms with Crippen LogP contribution in [0.4, 0.5) is 0 Å². The van der Waals surface area contributed by atoms with Gasteiger partial charge in [-0.25, -0.2) is 0 Å². The predicted molar refractivity (Wildman–Crippen MR) is 96.9 cm³/mol. The van der Waals surface area contributed by atoms with Crippen molar-refractivity contribution in [2.45, 2.75) is 31.8 Å². The first-order chi connectivity index (χ1) is 12.0. The average molecular weight is 385 g/mol. The number of ether oxygens (including phenoxy) is 1. The van der Waals surface area contributed by atoms with Gasteiger partial charge in [-0.1, -0.05) is 29.3 Å². The summed E-state index contributed by atoms with van der Waals surface area (Å²) < 4.78 is 5.46. The van der Waals surface area contributed by atoms with Crippen LogP contribution in [-0.2, 0) is 20.7 Å². The molecule has 0 saturated carbocycles. The van der Waals surface area contributed by atoms with Crippen molar-refractivity contribution in [1.82, 2.24) is 9.80 Å². The summed E-state index contributed by atoms with van der Waals surface area (Å²) in [7, 11) is 0. The number of benzene rings is 1. The molecule has 1 atom stereocenters. The van der Waals surface area contributed by atoms with E-state index < -0.39 is 0 Å². The maximum Gasteiger partial charge on any atom is 0.251 e. The minimum atomic E-state index is -0.283. The Balaban J connectivity index is 1.45. The summed E-state index contributed by atoms with van der Waals surface area (Å²) in [4.78, 5) is 28.4. The molecule has 0 bridgehead atoms. The monoisotopic (exact) mass is 384 g/mol. The van der Waals surface area contributed by atoms with Gasteiger partial charge in [0.2, 0.25) is 5.91 Å². The Bertz CT molecular complexity index is 639. The van der Waals surface area contributed by atoms with Crippen molar-refractivity contribution in [3.8, 4) is 0 Å². The number of piperazine rings is 1. The third-order valence-corrected chi connectivity index (χ3v) is 5.36. The molecule has 1 aromatic carbocycles. The highest BCUT2D eigenvalue weighted by atomic mass is 35.5. The van der Waals surface area contributed by atoms with Crippen molar-refractivity contribution >= 4 is 35.0 Å². The maximum absolute atomic E-state index is 12.4. The lowest BCUT2D eigenvalue weighted by Gasteiger charge is -2.35. The molecule has 0 aromatic heterocycles. The van der Waals surface area contributed by atoms with Crippen LogP contribution in [0.1, 0.15) is 24.8 Å². The van der Waals surface area contributed by atoms with Crippen LogP contribution in [0.3, 0.4) is 0 Å². The van der Waals surface area contributed by atoms with Gasteiger partial charge in [-0.05, 0) is 37.0 Å². The molecule has 0 radical (unpaired) electrons. The molecule has 2 aliphatic rings. The fraction of sp³-hybridized carbons (Fsp3) is 0.556. The van der Waals surface area contributed by atoms with Crippen LogP contribution in [-0.4, -0.2) is 60.5 Å². The van der Waals surface area contributed by atoms with Crippen LogP contribution in [0.25, 0.3) is 0 Å². The van der Waals surface area contributed by atoms with Gasteiger partial charge in [0, 0.05) is 49.3 Å².